The zero-order valence-electron chi connectivity index (χ0n) is 10.8. The maximum absolute atomic E-state index is 6.22. The van der Waals surface area contributed by atoms with Crippen molar-refractivity contribution in [1.82, 2.24) is 20.2 Å². The van der Waals surface area contributed by atoms with Gasteiger partial charge in [-0.2, -0.15) is 0 Å². The monoisotopic (exact) mass is 277 g/mol. The maximum Gasteiger partial charge on any atom is 0.183 e. The number of aromatic nitrogens is 4. The van der Waals surface area contributed by atoms with Gasteiger partial charge in [0.05, 0.1) is 11.6 Å². The summed E-state index contributed by atoms with van der Waals surface area (Å²) in [4.78, 5) is 0. The number of tetrazole rings is 1. The predicted octanol–water partition coefficient (Wildman–Crippen LogP) is 2.77. The van der Waals surface area contributed by atoms with E-state index < -0.39 is 0 Å². The molecule has 2 N–H and O–H groups in total. The molecular weight excluding hydrogens is 262 g/mol. The number of anilines is 1. The number of halogens is 1. The molecule has 0 bridgehead atoms. The van der Waals surface area contributed by atoms with Crippen molar-refractivity contribution in [3.63, 3.8) is 0 Å². The third-order valence-electron chi connectivity index (χ3n) is 3.86. The van der Waals surface area contributed by atoms with E-state index in [1.165, 1.54) is 19.3 Å². The van der Waals surface area contributed by atoms with Crippen molar-refractivity contribution in [2.45, 2.75) is 32.7 Å². The van der Waals surface area contributed by atoms with Crippen LogP contribution < -0.4 is 5.73 Å². The molecule has 19 heavy (non-hydrogen) atoms. The molecule has 0 unspecified atom stereocenters. The Labute approximate surface area is 116 Å². The van der Waals surface area contributed by atoms with E-state index >= 15 is 0 Å². The molecule has 2 aromatic rings. The van der Waals surface area contributed by atoms with E-state index in [9.17, 15) is 0 Å². The van der Waals surface area contributed by atoms with Crippen LogP contribution in [-0.4, -0.2) is 20.2 Å². The molecule has 0 saturated heterocycles. The summed E-state index contributed by atoms with van der Waals surface area (Å²) in [5.74, 6) is 0.707. The molecule has 3 rings (SSSR count). The average molecular weight is 278 g/mol. The van der Waals surface area contributed by atoms with Crippen LogP contribution in [0, 0.1) is 5.41 Å². The summed E-state index contributed by atoms with van der Waals surface area (Å²) in [5, 5.41) is 12.5. The lowest BCUT2D eigenvalue weighted by molar-refractivity contribution is 0.126. The van der Waals surface area contributed by atoms with Gasteiger partial charge in [0.25, 0.3) is 0 Å². The molecule has 1 heterocycles. The second-order valence-electron chi connectivity index (χ2n) is 5.56. The van der Waals surface area contributed by atoms with E-state index in [4.69, 9.17) is 17.3 Å². The van der Waals surface area contributed by atoms with Gasteiger partial charge in [-0.25, -0.2) is 4.68 Å². The molecule has 1 saturated carbocycles. The summed E-state index contributed by atoms with van der Waals surface area (Å²) < 4.78 is 1.84. The van der Waals surface area contributed by atoms with Crippen LogP contribution in [0.4, 0.5) is 5.69 Å². The Kier molecular flexibility index (Phi) is 2.93. The minimum absolute atomic E-state index is 0.310. The number of rotatable bonds is 3. The lowest BCUT2D eigenvalue weighted by atomic mass is 9.70. The zero-order valence-corrected chi connectivity index (χ0v) is 11.6. The molecule has 100 valence electrons. The highest BCUT2D eigenvalue weighted by atomic mass is 35.5. The SMILES string of the molecule is CC1(Cn2nnnc2-c2ccc(N)cc2Cl)CCC1. The van der Waals surface area contributed by atoms with Crippen molar-refractivity contribution in [2.75, 3.05) is 5.73 Å². The fourth-order valence-electron chi connectivity index (χ4n) is 2.52. The molecule has 1 aromatic carbocycles. The summed E-state index contributed by atoms with van der Waals surface area (Å²) in [7, 11) is 0. The van der Waals surface area contributed by atoms with Gasteiger partial charge in [0.15, 0.2) is 5.82 Å². The highest BCUT2D eigenvalue weighted by Gasteiger charge is 2.33. The Morgan fingerprint density at radius 2 is 2.21 bits per heavy atom. The zero-order chi connectivity index (χ0) is 13.5. The van der Waals surface area contributed by atoms with Crippen LogP contribution in [0.15, 0.2) is 18.2 Å². The third-order valence-corrected chi connectivity index (χ3v) is 4.17. The van der Waals surface area contributed by atoms with Crippen LogP contribution in [0.3, 0.4) is 0 Å². The van der Waals surface area contributed by atoms with Gasteiger partial charge in [0.1, 0.15) is 0 Å². The number of nitrogen functional groups attached to an aromatic ring is 1. The number of nitrogens with zero attached hydrogens (tertiary/aromatic N) is 4. The summed E-state index contributed by atoms with van der Waals surface area (Å²) >= 11 is 6.22. The second-order valence-corrected chi connectivity index (χ2v) is 5.97. The summed E-state index contributed by atoms with van der Waals surface area (Å²) in [6.07, 6.45) is 3.74. The van der Waals surface area contributed by atoms with E-state index in [-0.39, 0.29) is 0 Å². The molecular formula is C13H16ClN5. The molecule has 0 atom stereocenters. The first kappa shape index (κ1) is 12.4. The van der Waals surface area contributed by atoms with Crippen molar-refractivity contribution in [1.29, 1.82) is 0 Å². The fourth-order valence-corrected chi connectivity index (χ4v) is 2.79. The first-order chi connectivity index (χ1) is 9.07. The smallest absolute Gasteiger partial charge is 0.183 e. The highest BCUT2D eigenvalue weighted by Crippen LogP contribution is 2.42. The van der Waals surface area contributed by atoms with E-state index in [1.807, 2.05) is 16.8 Å². The number of nitrogens with two attached hydrogens (primary N) is 1. The topological polar surface area (TPSA) is 69.6 Å². The molecule has 5 nitrogen and oxygen atoms in total. The average Bonchev–Trinajstić information content (AvgIpc) is 2.75. The van der Waals surface area contributed by atoms with E-state index in [0.717, 1.165) is 12.1 Å². The van der Waals surface area contributed by atoms with Gasteiger partial charge in [-0.15, -0.1) is 5.10 Å². The molecule has 0 spiro atoms. The van der Waals surface area contributed by atoms with E-state index in [0.29, 0.717) is 21.9 Å². The summed E-state index contributed by atoms with van der Waals surface area (Å²) in [6, 6.07) is 5.40. The highest BCUT2D eigenvalue weighted by molar-refractivity contribution is 6.33. The Balaban J connectivity index is 1.95. The van der Waals surface area contributed by atoms with Crippen molar-refractivity contribution in [2.24, 2.45) is 5.41 Å². The number of hydrogen-bond donors (Lipinski definition) is 1. The first-order valence-corrected chi connectivity index (χ1v) is 6.77. The predicted molar refractivity (Wildman–Crippen MR) is 74.6 cm³/mol. The van der Waals surface area contributed by atoms with Crippen LogP contribution in [0.5, 0.6) is 0 Å². The lowest BCUT2D eigenvalue weighted by Crippen LogP contribution is -2.31. The Hall–Kier alpha value is -1.62. The van der Waals surface area contributed by atoms with Crippen molar-refractivity contribution in [3.05, 3.63) is 23.2 Å². The molecule has 1 aromatic heterocycles. The van der Waals surface area contributed by atoms with Gasteiger partial charge in [-0.05, 0) is 46.9 Å². The standard InChI is InChI=1S/C13H16ClN5/c1-13(5-2-6-13)8-19-12(16-17-18-19)10-4-3-9(15)7-11(10)14/h3-4,7H,2,5-6,8,15H2,1H3. The van der Waals surface area contributed by atoms with Crippen LogP contribution in [-0.2, 0) is 6.54 Å². The van der Waals surface area contributed by atoms with Crippen LogP contribution >= 0.6 is 11.6 Å². The molecule has 1 fully saturated rings. The molecule has 0 radical (unpaired) electrons. The molecule has 1 aliphatic rings. The normalized spacial score (nSPS) is 17.2. The lowest BCUT2D eigenvalue weighted by Gasteiger charge is -2.38. The van der Waals surface area contributed by atoms with Crippen LogP contribution in [0.2, 0.25) is 5.02 Å². The third kappa shape index (κ3) is 2.30. The molecule has 0 aliphatic heterocycles. The minimum Gasteiger partial charge on any atom is -0.399 e. The quantitative estimate of drug-likeness (QED) is 0.876. The van der Waals surface area contributed by atoms with Crippen LogP contribution in [0.1, 0.15) is 26.2 Å². The van der Waals surface area contributed by atoms with Gasteiger partial charge in [-0.3, -0.25) is 0 Å². The van der Waals surface area contributed by atoms with Gasteiger partial charge in [-0.1, -0.05) is 24.9 Å². The number of hydrogen-bond acceptors (Lipinski definition) is 4. The Bertz CT molecular complexity index is 603. The minimum atomic E-state index is 0.310. The summed E-state index contributed by atoms with van der Waals surface area (Å²) in [5.41, 5.74) is 7.48. The molecule has 6 heteroatoms. The van der Waals surface area contributed by atoms with Gasteiger partial charge >= 0.3 is 0 Å². The second kappa shape index (κ2) is 4.49. The van der Waals surface area contributed by atoms with Gasteiger partial charge < -0.3 is 5.73 Å². The molecule has 0 amide bonds. The molecule has 1 aliphatic carbocycles. The fraction of sp³-hybridized carbons (Fsp3) is 0.462. The van der Waals surface area contributed by atoms with E-state index in [2.05, 4.69) is 22.4 Å². The first-order valence-electron chi connectivity index (χ1n) is 6.39. The van der Waals surface area contributed by atoms with Crippen molar-refractivity contribution < 1.29 is 0 Å². The Morgan fingerprint density at radius 3 is 2.84 bits per heavy atom. The largest absolute Gasteiger partial charge is 0.399 e. The van der Waals surface area contributed by atoms with Crippen LogP contribution in [0.25, 0.3) is 11.4 Å². The maximum atomic E-state index is 6.22. The van der Waals surface area contributed by atoms with Crippen molar-refractivity contribution >= 4 is 17.3 Å². The van der Waals surface area contributed by atoms with E-state index in [1.54, 1.807) is 6.07 Å². The Morgan fingerprint density at radius 1 is 1.42 bits per heavy atom. The van der Waals surface area contributed by atoms with Gasteiger partial charge in [0, 0.05) is 11.3 Å². The van der Waals surface area contributed by atoms with Crippen molar-refractivity contribution in [3.8, 4) is 11.4 Å². The van der Waals surface area contributed by atoms with Gasteiger partial charge in [0.2, 0.25) is 0 Å². The number of benzene rings is 1. The summed E-state index contributed by atoms with van der Waals surface area (Å²) in [6.45, 7) is 3.10.